The summed E-state index contributed by atoms with van der Waals surface area (Å²) in [4.78, 5) is 17.5. The van der Waals surface area contributed by atoms with Crippen LogP contribution in [0, 0.1) is 5.92 Å². The Balaban J connectivity index is 2.74. The monoisotopic (exact) mass is 224 g/mol. The molecule has 0 radical (unpaired) electrons. The fraction of sp³-hybridized carbons (Fsp3) is 0.636. The van der Waals surface area contributed by atoms with Gasteiger partial charge in [0.1, 0.15) is 0 Å². The summed E-state index contributed by atoms with van der Waals surface area (Å²) in [6.07, 6.45) is 4.24. The van der Waals surface area contributed by atoms with E-state index < -0.39 is 0 Å². The van der Waals surface area contributed by atoms with Crippen LogP contribution in [0.3, 0.4) is 0 Å². The molecule has 1 heterocycles. The van der Waals surface area contributed by atoms with E-state index in [2.05, 4.69) is 11.9 Å². The van der Waals surface area contributed by atoms with Crippen LogP contribution >= 0.6 is 0 Å². The highest BCUT2D eigenvalue weighted by atomic mass is 16.2. The lowest BCUT2D eigenvalue weighted by molar-refractivity contribution is -0.132. The van der Waals surface area contributed by atoms with Gasteiger partial charge in [-0.1, -0.05) is 0 Å². The fourth-order valence-corrected chi connectivity index (χ4v) is 1.69. The number of nitrogens with zero attached hydrogens (tertiary/aromatic N) is 3. The van der Waals surface area contributed by atoms with Crippen LogP contribution in [0.5, 0.6) is 0 Å². The molecule has 0 aliphatic rings. The van der Waals surface area contributed by atoms with Crippen molar-refractivity contribution in [1.82, 2.24) is 14.5 Å². The average molecular weight is 224 g/mol. The van der Waals surface area contributed by atoms with Crippen LogP contribution in [-0.4, -0.2) is 41.0 Å². The third-order valence-corrected chi connectivity index (χ3v) is 2.67. The van der Waals surface area contributed by atoms with Crippen molar-refractivity contribution in [1.29, 1.82) is 0 Å². The van der Waals surface area contributed by atoms with Crippen LogP contribution in [0.4, 0.5) is 0 Å². The molecule has 16 heavy (non-hydrogen) atoms. The molecule has 1 unspecified atom stereocenters. The van der Waals surface area contributed by atoms with Crippen LogP contribution in [0.2, 0.25) is 0 Å². The molecule has 1 rings (SSSR count). The minimum atomic E-state index is -0.156. The van der Waals surface area contributed by atoms with Gasteiger partial charge < -0.3 is 15.2 Å². The Morgan fingerprint density at radius 3 is 2.81 bits per heavy atom. The lowest BCUT2D eigenvalue weighted by Crippen LogP contribution is -2.35. The third-order valence-electron chi connectivity index (χ3n) is 2.67. The minimum absolute atomic E-state index is 0.0753. The number of aromatic nitrogens is 2. The number of aryl methyl sites for hydroxylation is 1. The van der Waals surface area contributed by atoms with Gasteiger partial charge in [-0.25, -0.2) is 4.98 Å². The zero-order valence-corrected chi connectivity index (χ0v) is 10.2. The molecule has 5 heteroatoms. The molecule has 1 amide bonds. The van der Waals surface area contributed by atoms with Gasteiger partial charge in [0, 0.05) is 45.5 Å². The van der Waals surface area contributed by atoms with Crippen LogP contribution in [-0.2, 0) is 17.8 Å². The number of nitrogens with two attached hydrogens (primary N) is 1. The van der Waals surface area contributed by atoms with Gasteiger partial charge in [-0.2, -0.15) is 0 Å². The predicted octanol–water partition coefficient (Wildman–Crippen LogP) is 0.109. The molecular formula is C11H20N4O. The van der Waals surface area contributed by atoms with Crippen LogP contribution in [0.25, 0.3) is 0 Å². The molecule has 0 aliphatic heterocycles. The molecule has 1 aromatic rings. The van der Waals surface area contributed by atoms with Gasteiger partial charge >= 0.3 is 0 Å². The Kier molecular flexibility index (Phi) is 4.49. The van der Waals surface area contributed by atoms with Gasteiger partial charge in [-0.15, -0.1) is 0 Å². The normalized spacial score (nSPS) is 12.5. The SMILES string of the molecule is CCn1cncc1CC(CN)C(=O)N(C)C. The van der Waals surface area contributed by atoms with E-state index in [1.54, 1.807) is 31.5 Å². The van der Waals surface area contributed by atoms with Crippen LogP contribution in [0.15, 0.2) is 12.5 Å². The molecular weight excluding hydrogens is 204 g/mol. The highest BCUT2D eigenvalue weighted by Crippen LogP contribution is 2.10. The van der Waals surface area contributed by atoms with Crippen molar-refractivity contribution in [2.75, 3.05) is 20.6 Å². The lowest BCUT2D eigenvalue weighted by atomic mass is 10.0. The number of rotatable bonds is 5. The fourth-order valence-electron chi connectivity index (χ4n) is 1.69. The first-order chi connectivity index (χ1) is 7.60. The van der Waals surface area contributed by atoms with E-state index in [1.165, 1.54) is 0 Å². The Morgan fingerprint density at radius 2 is 2.31 bits per heavy atom. The number of hydrogen-bond donors (Lipinski definition) is 1. The van der Waals surface area contributed by atoms with E-state index >= 15 is 0 Å². The Morgan fingerprint density at radius 1 is 1.62 bits per heavy atom. The molecule has 0 spiro atoms. The zero-order chi connectivity index (χ0) is 12.1. The molecule has 1 atom stereocenters. The van der Waals surface area contributed by atoms with Gasteiger partial charge in [0.05, 0.1) is 12.2 Å². The highest BCUT2D eigenvalue weighted by molar-refractivity contribution is 5.78. The quantitative estimate of drug-likeness (QED) is 0.772. The molecule has 2 N–H and O–H groups in total. The molecule has 90 valence electrons. The van der Waals surface area contributed by atoms with Crippen LogP contribution in [0.1, 0.15) is 12.6 Å². The number of imidazole rings is 1. The first kappa shape index (κ1) is 12.7. The van der Waals surface area contributed by atoms with Crippen molar-refractivity contribution in [3.05, 3.63) is 18.2 Å². The highest BCUT2D eigenvalue weighted by Gasteiger charge is 2.20. The standard InChI is InChI=1S/C11H20N4O/c1-4-15-8-13-7-10(15)5-9(6-12)11(16)14(2)3/h7-9H,4-6,12H2,1-3H3. The van der Waals surface area contributed by atoms with E-state index in [-0.39, 0.29) is 11.8 Å². The summed E-state index contributed by atoms with van der Waals surface area (Å²) in [6, 6.07) is 0. The van der Waals surface area contributed by atoms with E-state index in [4.69, 9.17) is 5.73 Å². The summed E-state index contributed by atoms with van der Waals surface area (Å²) in [6.45, 7) is 3.28. The molecule has 0 saturated heterocycles. The van der Waals surface area contributed by atoms with Gasteiger partial charge in [-0.3, -0.25) is 4.79 Å². The molecule has 0 aliphatic carbocycles. The smallest absolute Gasteiger partial charge is 0.226 e. The van der Waals surface area contributed by atoms with Crippen molar-refractivity contribution < 1.29 is 4.79 Å². The minimum Gasteiger partial charge on any atom is -0.349 e. The lowest BCUT2D eigenvalue weighted by Gasteiger charge is -2.19. The summed E-state index contributed by atoms with van der Waals surface area (Å²) >= 11 is 0. The largest absolute Gasteiger partial charge is 0.349 e. The van der Waals surface area contributed by atoms with Crippen molar-refractivity contribution in [2.45, 2.75) is 19.9 Å². The Hall–Kier alpha value is -1.36. The predicted molar refractivity (Wildman–Crippen MR) is 62.8 cm³/mol. The van der Waals surface area contributed by atoms with Crippen molar-refractivity contribution in [2.24, 2.45) is 11.7 Å². The summed E-state index contributed by atoms with van der Waals surface area (Å²) in [7, 11) is 3.50. The van der Waals surface area contributed by atoms with Gasteiger partial charge in [-0.05, 0) is 6.92 Å². The molecule has 0 fully saturated rings. The first-order valence-corrected chi connectivity index (χ1v) is 5.50. The van der Waals surface area contributed by atoms with E-state index in [0.29, 0.717) is 13.0 Å². The number of carbonyl (C=O) groups excluding carboxylic acids is 1. The summed E-state index contributed by atoms with van der Waals surface area (Å²) in [5.74, 6) is -0.0802. The van der Waals surface area contributed by atoms with E-state index in [1.807, 2.05) is 4.57 Å². The maximum atomic E-state index is 11.8. The summed E-state index contributed by atoms with van der Waals surface area (Å²) in [5.41, 5.74) is 6.71. The van der Waals surface area contributed by atoms with Gasteiger partial charge in [0.15, 0.2) is 0 Å². The number of hydrogen-bond acceptors (Lipinski definition) is 3. The third kappa shape index (κ3) is 2.82. The summed E-state index contributed by atoms with van der Waals surface area (Å²) < 4.78 is 2.03. The Bertz CT molecular complexity index is 346. The van der Waals surface area contributed by atoms with Gasteiger partial charge in [0.2, 0.25) is 5.91 Å². The van der Waals surface area contributed by atoms with Crippen molar-refractivity contribution in [3.63, 3.8) is 0 Å². The second kappa shape index (κ2) is 5.65. The van der Waals surface area contributed by atoms with Crippen molar-refractivity contribution >= 4 is 5.91 Å². The number of amides is 1. The average Bonchev–Trinajstić information content (AvgIpc) is 2.71. The zero-order valence-electron chi connectivity index (χ0n) is 10.2. The topological polar surface area (TPSA) is 64.2 Å². The first-order valence-electron chi connectivity index (χ1n) is 5.50. The second-order valence-electron chi connectivity index (χ2n) is 4.04. The number of carbonyl (C=O) groups is 1. The Labute approximate surface area is 96.3 Å². The van der Waals surface area contributed by atoms with Crippen molar-refractivity contribution in [3.8, 4) is 0 Å². The summed E-state index contributed by atoms with van der Waals surface area (Å²) in [5, 5.41) is 0. The maximum Gasteiger partial charge on any atom is 0.226 e. The van der Waals surface area contributed by atoms with Gasteiger partial charge in [0.25, 0.3) is 0 Å². The van der Waals surface area contributed by atoms with E-state index in [9.17, 15) is 4.79 Å². The maximum absolute atomic E-state index is 11.8. The van der Waals surface area contributed by atoms with E-state index in [0.717, 1.165) is 12.2 Å². The molecule has 5 nitrogen and oxygen atoms in total. The second-order valence-corrected chi connectivity index (χ2v) is 4.04. The van der Waals surface area contributed by atoms with Crippen LogP contribution < -0.4 is 5.73 Å². The molecule has 0 aromatic carbocycles. The molecule has 0 saturated carbocycles. The molecule has 0 bridgehead atoms. The molecule has 1 aromatic heterocycles.